The van der Waals surface area contributed by atoms with Gasteiger partial charge in [-0.25, -0.2) is 4.79 Å². The standard InChI is InChI=1S/C36H55N5O6/c1-7-17-37-32(45)29(43)24(18-20-13-14-20)38-31(44)27-25-23(36(25,5)6)19-41(27)33(46)30(35(2,3)4)40-34(47)39-26(28(42)22-15-16-22)21-11-9-8-10-12-21/h7,20-27,30H,1,8-19H2,2-6H3,(H,37,45)(H,38,44)(H2,39,40,47)/t23-,24?,25?,26-,27-,30+/m0/s1. The number of nitrogens with zero attached hydrogens (tertiary/aromatic N) is 1. The summed E-state index contributed by atoms with van der Waals surface area (Å²) in [4.78, 5) is 82.6. The number of fused-ring (bicyclic) bond motifs is 1. The zero-order valence-electron chi connectivity index (χ0n) is 28.9. The lowest BCUT2D eigenvalue weighted by Gasteiger charge is -2.38. The third kappa shape index (κ3) is 7.91. The fourth-order valence-electron chi connectivity index (χ4n) is 8.04. The molecule has 0 aromatic rings. The van der Waals surface area contributed by atoms with Crippen LogP contribution in [0.1, 0.15) is 98.8 Å². The third-order valence-corrected chi connectivity index (χ3v) is 11.4. The summed E-state index contributed by atoms with van der Waals surface area (Å²) in [5, 5.41) is 11.3. The second-order valence-electron chi connectivity index (χ2n) is 16.5. The van der Waals surface area contributed by atoms with E-state index in [0.29, 0.717) is 13.0 Å². The van der Waals surface area contributed by atoms with Gasteiger partial charge in [0.05, 0.1) is 12.1 Å². The Morgan fingerprint density at radius 1 is 0.915 bits per heavy atom. The van der Waals surface area contributed by atoms with E-state index in [0.717, 1.165) is 57.8 Å². The van der Waals surface area contributed by atoms with Gasteiger partial charge in [-0.05, 0) is 66.6 Å². The van der Waals surface area contributed by atoms with E-state index in [4.69, 9.17) is 0 Å². The molecule has 1 heterocycles. The van der Waals surface area contributed by atoms with Crippen molar-refractivity contribution >= 4 is 35.3 Å². The number of carbonyl (C=O) groups excluding carboxylic acids is 6. The molecule has 4 N–H and O–H groups in total. The molecule has 0 bridgehead atoms. The molecule has 0 aromatic heterocycles. The second kappa shape index (κ2) is 13.7. The number of amides is 5. The van der Waals surface area contributed by atoms with Crippen molar-refractivity contribution < 1.29 is 28.8 Å². The number of nitrogens with one attached hydrogen (secondary N) is 4. The van der Waals surface area contributed by atoms with Crippen LogP contribution in [0, 0.1) is 40.4 Å². The molecule has 5 aliphatic rings. The second-order valence-corrected chi connectivity index (χ2v) is 16.5. The Morgan fingerprint density at radius 3 is 2.15 bits per heavy atom. The van der Waals surface area contributed by atoms with Crippen molar-refractivity contribution in [3.8, 4) is 0 Å². The van der Waals surface area contributed by atoms with Crippen LogP contribution in [0.3, 0.4) is 0 Å². The third-order valence-electron chi connectivity index (χ3n) is 11.4. The lowest BCUT2D eigenvalue weighted by atomic mass is 9.81. The van der Waals surface area contributed by atoms with Gasteiger partial charge in [-0.15, -0.1) is 6.58 Å². The first-order chi connectivity index (χ1) is 22.1. The molecule has 0 radical (unpaired) electrons. The normalized spacial score (nSPS) is 27.0. The molecule has 0 aromatic carbocycles. The molecule has 11 heteroatoms. The summed E-state index contributed by atoms with van der Waals surface area (Å²) in [6, 6.07) is -3.90. The molecule has 4 saturated carbocycles. The molecule has 1 saturated heterocycles. The highest BCUT2D eigenvalue weighted by Gasteiger charge is 2.70. The van der Waals surface area contributed by atoms with E-state index in [-0.39, 0.29) is 53.2 Å². The SMILES string of the molecule is C=CCNC(=O)C(=O)C(CC1CC1)NC(=O)[C@@H]1C2[C@H](CN1C(=O)[C@@H](NC(=O)N[C@H](C(=O)C1CC1)C1CCCCC1)C(C)(C)C)C2(C)C. The summed E-state index contributed by atoms with van der Waals surface area (Å²) >= 11 is 0. The van der Waals surface area contributed by atoms with Crippen LogP contribution in [-0.4, -0.2) is 77.5 Å². The van der Waals surface area contributed by atoms with Crippen molar-refractivity contribution in [1.82, 2.24) is 26.2 Å². The van der Waals surface area contributed by atoms with Gasteiger partial charge in [-0.2, -0.15) is 0 Å². The van der Waals surface area contributed by atoms with E-state index in [1.807, 2.05) is 20.8 Å². The zero-order chi connectivity index (χ0) is 34.3. The predicted molar refractivity (Wildman–Crippen MR) is 177 cm³/mol. The molecule has 4 aliphatic carbocycles. The number of hydrogen-bond acceptors (Lipinski definition) is 6. The molecule has 6 atom stereocenters. The Bertz CT molecular complexity index is 1270. The Hall–Kier alpha value is -3.24. The average Bonchev–Trinajstić information content (AvgIpc) is 3.98. The molecule has 5 fully saturated rings. The monoisotopic (exact) mass is 653 g/mol. The minimum atomic E-state index is -0.985. The fourth-order valence-corrected chi connectivity index (χ4v) is 8.04. The van der Waals surface area contributed by atoms with Gasteiger partial charge in [0.1, 0.15) is 12.1 Å². The van der Waals surface area contributed by atoms with Crippen molar-refractivity contribution in [3.63, 3.8) is 0 Å². The maximum atomic E-state index is 14.4. The number of ketones is 2. The highest BCUT2D eigenvalue weighted by Crippen LogP contribution is 2.65. The highest BCUT2D eigenvalue weighted by atomic mass is 16.2. The summed E-state index contributed by atoms with van der Waals surface area (Å²) in [7, 11) is 0. The van der Waals surface area contributed by atoms with Gasteiger partial charge >= 0.3 is 6.03 Å². The minimum Gasteiger partial charge on any atom is -0.346 e. The van der Waals surface area contributed by atoms with Crippen LogP contribution < -0.4 is 21.3 Å². The zero-order valence-corrected chi connectivity index (χ0v) is 28.9. The van der Waals surface area contributed by atoms with Gasteiger partial charge in [0.25, 0.3) is 5.91 Å². The number of carbonyl (C=O) groups is 6. The lowest BCUT2D eigenvalue weighted by Crippen LogP contribution is -2.62. The van der Waals surface area contributed by atoms with Gasteiger partial charge in [0, 0.05) is 19.0 Å². The summed E-state index contributed by atoms with van der Waals surface area (Å²) in [5.74, 6) is -1.84. The van der Waals surface area contributed by atoms with Crippen LogP contribution in [0.15, 0.2) is 12.7 Å². The molecular weight excluding hydrogens is 598 g/mol. The van der Waals surface area contributed by atoms with E-state index >= 15 is 0 Å². The smallest absolute Gasteiger partial charge is 0.316 e. The van der Waals surface area contributed by atoms with Crippen LogP contribution in [0.25, 0.3) is 0 Å². The lowest BCUT2D eigenvalue weighted by molar-refractivity contribution is -0.145. The summed E-state index contributed by atoms with van der Waals surface area (Å²) in [6.07, 6.45) is 10.5. The first-order valence-electron chi connectivity index (χ1n) is 17.8. The Kier molecular flexibility index (Phi) is 10.2. The van der Waals surface area contributed by atoms with Crippen LogP contribution >= 0.6 is 0 Å². The number of urea groups is 1. The number of piperidine rings is 1. The first kappa shape index (κ1) is 35.1. The van der Waals surface area contributed by atoms with Crippen molar-refractivity contribution in [3.05, 3.63) is 12.7 Å². The minimum absolute atomic E-state index is 0.00454. The largest absolute Gasteiger partial charge is 0.346 e. The Balaban J connectivity index is 1.32. The molecule has 5 rings (SSSR count). The van der Waals surface area contributed by atoms with Gasteiger partial charge in [-0.1, -0.05) is 72.8 Å². The Labute approximate surface area is 279 Å². The summed E-state index contributed by atoms with van der Waals surface area (Å²) < 4.78 is 0. The van der Waals surface area contributed by atoms with Gasteiger partial charge in [0.15, 0.2) is 5.78 Å². The predicted octanol–water partition coefficient (Wildman–Crippen LogP) is 3.27. The van der Waals surface area contributed by atoms with Crippen LogP contribution in [0.2, 0.25) is 0 Å². The molecule has 5 amide bonds. The fraction of sp³-hybridized carbons (Fsp3) is 0.778. The number of Topliss-reactive ketones (excluding diaryl/α,β-unsaturated/α-hetero) is 2. The van der Waals surface area contributed by atoms with Gasteiger partial charge < -0.3 is 26.2 Å². The number of likely N-dealkylation sites (tertiary alicyclic amines) is 1. The molecule has 2 unspecified atom stereocenters. The van der Waals surface area contributed by atoms with Crippen molar-refractivity contribution in [1.29, 1.82) is 0 Å². The van der Waals surface area contributed by atoms with Crippen molar-refractivity contribution in [2.45, 2.75) is 123 Å². The maximum Gasteiger partial charge on any atom is 0.316 e. The van der Waals surface area contributed by atoms with E-state index in [2.05, 4.69) is 41.7 Å². The van der Waals surface area contributed by atoms with Crippen LogP contribution in [0.5, 0.6) is 0 Å². The summed E-state index contributed by atoms with van der Waals surface area (Å²) in [6.45, 7) is 13.8. The number of hydrogen-bond donors (Lipinski definition) is 4. The first-order valence-corrected chi connectivity index (χ1v) is 17.8. The summed E-state index contributed by atoms with van der Waals surface area (Å²) in [5.41, 5.74) is -0.874. The van der Waals surface area contributed by atoms with E-state index in [1.165, 1.54) is 6.08 Å². The maximum absolute atomic E-state index is 14.4. The molecule has 0 spiro atoms. The quantitative estimate of drug-likeness (QED) is 0.167. The Morgan fingerprint density at radius 2 is 1.57 bits per heavy atom. The van der Waals surface area contributed by atoms with Crippen LogP contribution in [0.4, 0.5) is 4.79 Å². The number of rotatable bonds is 14. The van der Waals surface area contributed by atoms with E-state index in [1.54, 1.807) is 4.90 Å². The molecule has 1 aliphatic heterocycles. The molecule has 11 nitrogen and oxygen atoms in total. The van der Waals surface area contributed by atoms with Gasteiger partial charge in [-0.3, -0.25) is 24.0 Å². The van der Waals surface area contributed by atoms with Crippen LogP contribution in [-0.2, 0) is 24.0 Å². The topological polar surface area (TPSA) is 154 Å². The molecule has 47 heavy (non-hydrogen) atoms. The van der Waals surface area contributed by atoms with Crippen molar-refractivity contribution in [2.24, 2.45) is 40.4 Å². The van der Waals surface area contributed by atoms with Crippen molar-refractivity contribution in [2.75, 3.05) is 13.1 Å². The van der Waals surface area contributed by atoms with Gasteiger partial charge in [0.2, 0.25) is 17.6 Å². The molecule has 260 valence electrons. The highest BCUT2D eigenvalue weighted by molar-refractivity contribution is 6.38. The van der Waals surface area contributed by atoms with E-state index < -0.39 is 53.2 Å². The average molecular weight is 654 g/mol. The van der Waals surface area contributed by atoms with E-state index in [9.17, 15) is 28.8 Å². The molecular formula is C36H55N5O6.